The molecule has 1 aromatic carbocycles. The fourth-order valence-corrected chi connectivity index (χ4v) is 3.37. The highest BCUT2D eigenvalue weighted by Crippen LogP contribution is 2.21. The van der Waals surface area contributed by atoms with Crippen molar-refractivity contribution >= 4 is 27.8 Å². The molecule has 1 unspecified atom stereocenters. The zero-order chi connectivity index (χ0) is 16.3. The molecule has 1 atom stereocenters. The van der Waals surface area contributed by atoms with Gasteiger partial charge in [0.2, 0.25) is 0 Å². The molecule has 0 spiro atoms. The van der Waals surface area contributed by atoms with Crippen LogP contribution in [0.3, 0.4) is 0 Å². The monoisotopic (exact) mass is 368 g/mol. The molecular formula is C16H21BrN2O3. The van der Waals surface area contributed by atoms with Crippen molar-refractivity contribution in [1.82, 2.24) is 9.80 Å². The molecule has 2 rings (SSSR count). The molecule has 1 aliphatic heterocycles. The molecule has 1 aromatic rings. The molecule has 22 heavy (non-hydrogen) atoms. The fraction of sp³-hybridized carbons (Fsp3) is 0.500. The Morgan fingerprint density at radius 1 is 1.27 bits per heavy atom. The number of hydrogen-bond acceptors (Lipinski definition) is 3. The maximum absolute atomic E-state index is 12.6. The second-order valence-electron chi connectivity index (χ2n) is 5.76. The minimum absolute atomic E-state index is 0.000799. The summed E-state index contributed by atoms with van der Waals surface area (Å²) in [6, 6.07) is 5.73. The van der Waals surface area contributed by atoms with Gasteiger partial charge in [-0.15, -0.1) is 0 Å². The quantitative estimate of drug-likeness (QED) is 0.886. The third kappa shape index (κ3) is 4.08. The minimum atomic E-state index is -0.783. The minimum Gasteiger partial charge on any atom is -0.481 e. The number of rotatable bonds is 4. The van der Waals surface area contributed by atoms with Crippen LogP contribution in [0.5, 0.6) is 0 Å². The van der Waals surface area contributed by atoms with Crippen LogP contribution in [0.4, 0.5) is 0 Å². The molecule has 0 bridgehead atoms. The number of amides is 1. The number of hydrogen-bond donors (Lipinski definition) is 1. The number of carboxylic acids is 1. The number of carbonyl (C=O) groups is 2. The van der Waals surface area contributed by atoms with Crippen LogP contribution in [0.1, 0.15) is 29.3 Å². The van der Waals surface area contributed by atoms with Gasteiger partial charge in [0, 0.05) is 36.7 Å². The van der Waals surface area contributed by atoms with Crippen molar-refractivity contribution in [2.24, 2.45) is 0 Å². The maximum atomic E-state index is 12.6. The van der Waals surface area contributed by atoms with Crippen LogP contribution >= 0.6 is 15.9 Å². The molecule has 0 aromatic heterocycles. The maximum Gasteiger partial charge on any atom is 0.304 e. The Morgan fingerprint density at radius 3 is 2.45 bits per heavy atom. The zero-order valence-electron chi connectivity index (χ0n) is 12.9. The third-order valence-electron chi connectivity index (χ3n) is 4.05. The van der Waals surface area contributed by atoms with Gasteiger partial charge in [-0.25, -0.2) is 0 Å². The van der Waals surface area contributed by atoms with E-state index in [9.17, 15) is 9.59 Å². The van der Waals surface area contributed by atoms with E-state index in [-0.39, 0.29) is 18.4 Å². The Labute approximate surface area is 139 Å². The average molecular weight is 369 g/mol. The molecule has 0 radical (unpaired) electrons. The van der Waals surface area contributed by atoms with Crippen molar-refractivity contribution in [2.75, 3.05) is 26.2 Å². The topological polar surface area (TPSA) is 60.9 Å². The van der Waals surface area contributed by atoms with E-state index in [1.54, 1.807) is 0 Å². The van der Waals surface area contributed by atoms with E-state index in [1.807, 2.05) is 36.9 Å². The van der Waals surface area contributed by atoms with Gasteiger partial charge in [-0.1, -0.05) is 6.07 Å². The Hall–Kier alpha value is -1.40. The van der Waals surface area contributed by atoms with Crippen molar-refractivity contribution in [2.45, 2.75) is 26.3 Å². The van der Waals surface area contributed by atoms with Crippen LogP contribution in [0, 0.1) is 6.92 Å². The summed E-state index contributed by atoms with van der Waals surface area (Å²) in [5, 5.41) is 8.86. The van der Waals surface area contributed by atoms with Crippen LogP contribution in [0.25, 0.3) is 0 Å². The van der Waals surface area contributed by atoms with E-state index >= 15 is 0 Å². The van der Waals surface area contributed by atoms with Gasteiger partial charge >= 0.3 is 5.97 Å². The van der Waals surface area contributed by atoms with Gasteiger partial charge < -0.3 is 10.0 Å². The predicted molar refractivity (Wildman–Crippen MR) is 88.1 cm³/mol. The molecule has 1 saturated heterocycles. The highest BCUT2D eigenvalue weighted by Gasteiger charge is 2.26. The highest BCUT2D eigenvalue weighted by atomic mass is 79.9. The molecule has 120 valence electrons. The molecular weight excluding hydrogens is 348 g/mol. The summed E-state index contributed by atoms with van der Waals surface area (Å²) in [7, 11) is 0. The van der Waals surface area contributed by atoms with Crippen molar-refractivity contribution in [3.05, 3.63) is 33.8 Å². The van der Waals surface area contributed by atoms with Crippen LogP contribution < -0.4 is 0 Å². The number of carboxylic acid groups (broad SMARTS) is 1. The number of aliphatic carboxylic acids is 1. The van der Waals surface area contributed by atoms with Crippen molar-refractivity contribution in [1.29, 1.82) is 0 Å². The van der Waals surface area contributed by atoms with Gasteiger partial charge in [0.1, 0.15) is 0 Å². The Kier molecular flexibility index (Phi) is 5.58. The molecule has 1 fully saturated rings. The third-order valence-corrected chi connectivity index (χ3v) is 4.71. The van der Waals surface area contributed by atoms with E-state index in [2.05, 4.69) is 20.8 Å². The summed E-state index contributed by atoms with van der Waals surface area (Å²) >= 11 is 3.45. The summed E-state index contributed by atoms with van der Waals surface area (Å²) in [5.41, 5.74) is 1.79. The van der Waals surface area contributed by atoms with Crippen LogP contribution in [0.2, 0.25) is 0 Å². The summed E-state index contributed by atoms with van der Waals surface area (Å²) in [4.78, 5) is 27.3. The van der Waals surface area contributed by atoms with E-state index in [1.165, 1.54) is 0 Å². The molecule has 1 N–H and O–H groups in total. The summed E-state index contributed by atoms with van der Waals surface area (Å²) < 4.78 is 0.819. The van der Waals surface area contributed by atoms with Gasteiger partial charge in [-0.05, 0) is 47.5 Å². The molecule has 5 nitrogen and oxygen atoms in total. The average Bonchev–Trinajstić information content (AvgIpc) is 2.46. The number of carbonyl (C=O) groups excluding carboxylic acids is 1. The van der Waals surface area contributed by atoms with Crippen LogP contribution in [-0.4, -0.2) is 59.0 Å². The Morgan fingerprint density at radius 2 is 1.91 bits per heavy atom. The fourth-order valence-electron chi connectivity index (χ4n) is 2.71. The van der Waals surface area contributed by atoms with E-state index in [0.717, 1.165) is 10.0 Å². The first kappa shape index (κ1) is 17.0. The standard InChI is InChI=1S/C16H21BrN2O3/c1-11-3-4-13(14(17)9-11)16(22)19-7-5-18(6-8-19)12(2)10-15(20)21/h3-4,9,12H,5-8,10H2,1-2H3,(H,20,21). The van der Waals surface area contributed by atoms with E-state index in [4.69, 9.17) is 5.11 Å². The highest BCUT2D eigenvalue weighted by molar-refractivity contribution is 9.10. The summed E-state index contributed by atoms with van der Waals surface area (Å²) in [5.74, 6) is -0.757. The molecule has 0 aliphatic carbocycles. The van der Waals surface area contributed by atoms with Gasteiger partial charge in [0.25, 0.3) is 5.91 Å². The number of aryl methyl sites for hydroxylation is 1. The first-order valence-corrected chi connectivity index (χ1v) is 8.19. The normalized spacial score (nSPS) is 17.3. The lowest BCUT2D eigenvalue weighted by Gasteiger charge is -2.37. The molecule has 1 amide bonds. The van der Waals surface area contributed by atoms with Crippen molar-refractivity contribution in [3.63, 3.8) is 0 Å². The smallest absolute Gasteiger partial charge is 0.304 e. The van der Waals surface area contributed by atoms with E-state index in [0.29, 0.717) is 31.7 Å². The van der Waals surface area contributed by atoms with Gasteiger partial charge in [-0.2, -0.15) is 0 Å². The SMILES string of the molecule is Cc1ccc(C(=O)N2CCN(C(C)CC(=O)O)CC2)c(Br)c1. The van der Waals surface area contributed by atoms with Crippen molar-refractivity contribution in [3.8, 4) is 0 Å². The first-order valence-electron chi connectivity index (χ1n) is 7.39. The van der Waals surface area contributed by atoms with Crippen LogP contribution in [-0.2, 0) is 4.79 Å². The predicted octanol–water partition coefficient (Wildman–Crippen LogP) is 2.38. The molecule has 1 heterocycles. The second-order valence-corrected chi connectivity index (χ2v) is 6.61. The lowest BCUT2D eigenvalue weighted by Crippen LogP contribution is -2.51. The largest absolute Gasteiger partial charge is 0.481 e. The van der Waals surface area contributed by atoms with Gasteiger partial charge in [0.05, 0.1) is 12.0 Å². The molecule has 6 heteroatoms. The second kappa shape index (κ2) is 7.24. The summed E-state index contributed by atoms with van der Waals surface area (Å²) in [6.07, 6.45) is 0.136. The Bertz CT molecular complexity index is 569. The summed E-state index contributed by atoms with van der Waals surface area (Å²) in [6.45, 7) is 6.59. The number of benzene rings is 1. The van der Waals surface area contributed by atoms with Crippen LogP contribution in [0.15, 0.2) is 22.7 Å². The molecule has 1 aliphatic rings. The lowest BCUT2D eigenvalue weighted by molar-refractivity contribution is -0.138. The first-order chi connectivity index (χ1) is 10.4. The lowest BCUT2D eigenvalue weighted by atomic mass is 10.1. The van der Waals surface area contributed by atoms with Gasteiger partial charge in [0.15, 0.2) is 0 Å². The molecule has 0 saturated carbocycles. The van der Waals surface area contributed by atoms with Crippen molar-refractivity contribution < 1.29 is 14.7 Å². The van der Waals surface area contributed by atoms with E-state index < -0.39 is 5.97 Å². The van der Waals surface area contributed by atoms with Gasteiger partial charge in [-0.3, -0.25) is 14.5 Å². The number of piperazine rings is 1. The Balaban J connectivity index is 1.96. The number of halogens is 1. The zero-order valence-corrected chi connectivity index (χ0v) is 14.5. The number of nitrogens with zero attached hydrogens (tertiary/aromatic N) is 2.